The predicted octanol–water partition coefficient (Wildman–Crippen LogP) is 0.438. The van der Waals surface area contributed by atoms with Crippen LogP contribution in [0, 0.1) is 0 Å². The van der Waals surface area contributed by atoms with E-state index in [1.54, 1.807) is 20.0 Å². The third-order valence-electron chi connectivity index (χ3n) is 1.76. The first-order valence-electron chi connectivity index (χ1n) is 4.25. The summed E-state index contributed by atoms with van der Waals surface area (Å²) >= 11 is 0. The Labute approximate surface area is 82.1 Å². The minimum Gasteiger partial charge on any atom is -0.342 e. The van der Waals surface area contributed by atoms with Crippen molar-refractivity contribution in [3.63, 3.8) is 0 Å². The Morgan fingerprint density at radius 3 is 2.50 bits per heavy atom. The maximum absolute atomic E-state index is 11.8. The molecule has 0 spiro atoms. The lowest BCUT2D eigenvalue weighted by atomic mass is 10.0. The van der Waals surface area contributed by atoms with Gasteiger partial charge in [-0.3, -0.25) is 14.2 Å². The van der Waals surface area contributed by atoms with Gasteiger partial charge in [0.05, 0.1) is 0 Å². The summed E-state index contributed by atoms with van der Waals surface area (Å²) in [6, 6.07) is 0. The van der Waals surface area contributed by atoms with Crippen LogP contribution < -0.4 is 5.32 Å². The fourth-order valence-corrected chi connectivity index (χ4v) is 1.20. The zero-order valence-corrected chi connectivity index (χ0v) is 8.44. The largest absolute Gasteiger partial charge is 0.342 e. The predicted molar refractivity (Wildman–Crippen MR) is 50.7 cm³/mol. The van der Waals surface area contributed by atoms with Gasteiger partial charge in [-0.25, -0.2) is 4.98 Å². The minimum atomic E-state index is -0.910. The summed E-state index contributed by atoms with van der Waals surface area (Å²) in [6.45, 7) is 4.68. The zero-order chi connectivity index (χ0) is 10.8. The van der Waals surface area contributed by atoms with Gasteiger partial charge in [-0.2, -0.15) is 0 Å². The summed E-state index contributed by atoms with van der Waals surface area (Å²) in [7, 11) is 0. The van der Waals surface area contributed by atoms with Gasteiger partial charge in [0.1, 0.15) is 11.9 Å². The Hall–Kier alpha value is -1.65. The summed E-state index contributed by atoms with van der Waals surface area (Å²) in [6.07, 6.45) is 4.47. The molecule has 0 aliphatic rings. The van der Waals surface area contributed by atoms with Crippen LogP contribution >= 0.6 is 0 Å². The number of nitrogens with zero attached hydrogens (tertiary/aromatic N) is 2. The van der Waals surface area contributed by atoms with Crippen LogP contribution in [0.4, 0.5) is 0 Å². The first-order valence-corrected chi connectivity index (χ1v) is 4.25. The molecule has 0 aliphatic carbocycles. The lowest BCUT2D eigenvalue weighted by Gasteiger charge is -2.23. The highest BCUT2D eigenvalue weighted by atomic mass is 16.2. The molecule has 0 saturated heterocycles. The van der Waals surface area contributed by atoms with E-state index in [4.69, 9.17) is 0 Å². The first-order chi connectivity index (χ1) is 6.43. The van der Waals surface area contributed by atoms with Gasteiger partial charge in [0, 0.05) is 19.3 Å². The molecule has 0 unspecified atom stereocenters. The quantitative estimate of drug-likeness (QED) is 0.744. The number of carbonyl (C=O) groups is 2. The number of aromatic nitrogens is 2. The van der Waals surface area contributed by atoms with Crippen molar-refractivity contribution in [3.8, 4) is 0 Å². The highest BCUT2D eigenvalue weighted by molar-refractivity contribution is 5.91. The van der Waals surface area contributed by atoms with Gasteiger partial charge in [-0.1, -0.05) is 0 Å². The van der Waals surface area contributed by atoms with Gasteiger partial charge in [0.2, 0.25) is 5.91 Å². The molecule has 5 heteroatoms. The molecule has 1 rings (SSSR count). The van der Waals surface area contributed by atoms with E-state index in [2.05, 4.69) is 10.3 Å². The number of imidazole rings is 1. The molecule has 1 aromatic heterocycles. The number of rotatable bonds is 2. The smallest absolute Gasteiger partial charge is 0.256 e. The number of carbonyl (C=O) groups excluding carboxylic acids is 2. The summed E-state index contributed by atoms with van der Waals surface area (Å²) < 4.78 is 1.34. The normalized spacial score (nSPS) is 11.1. The van der Waals surface area contributed by atoms with Crippen molar-refractivity contribution in [2.45, 2.75) is 26.3 Å². The Kier molecular flexibility index (Phi) is 2.69. The molecule has 1 aromatic rings. The van der Waals surface area contributed by atoms with Crippen molar-refractivity contribution in [1.82, 2.24) is 14.9 Å². The molecule has 76 valence electrons. The molecular weight excluding hydrogens is 182 g/mol. The van der Waals surface area contributed by atoms with Crippen LogP contribution in [0.3, 0.4) is 0 Å². The zero-order valence-electron chi connectivity index (χ0n) is 8.44. The Balaban J connectivity index is 2.83. The number of hydrogen-bond acceptors (Lipinski definition) is 3. The Morgan fingerprint density at radius 1 is 1.43 bits per heavy atom. The van der Waals surface area contributed by atoms with Crippen LogP contribution in [0.15, 0.2) is 18.7 Å². The third-order valence-corrected chi connectivity index (χ3v) is 1.76. The van der Waals surface area contributed by atoms with Gasteiger partial charge in [-0.05, 0) is 13.8 Å². The molecule has 1 amide bonds. The van der Waals surface area contributed by atoms with Crippen LogP contribution in [-0.2, 0) is 4.79 Å². The maximum atomic E-state index is 11.8. The van der Waals surface area contributed by atoms with Crippen molar-refractivity contribution in [3.05, 3.63) is 18.7 Å². The fourth-order valence-electron chi connectivity index (χ4n) is 1.20. The molecule has 0 saturated carbocycles. The van der Waals surface area contributed by atoms with E-state index >= 15 is 0 Å². The first kappa shape index (κ1) is 10.4. The van der Waals surface area contributed by atoms with E-state index in [9.17, 15) is 9.59 Å². The maximum Gasteiger partial charge on any atom is 0.256 e. The van der Waals surface area contributed by atoms with Gasteiger partial charge in [0.15, 0.2) is 0 Å². The van der Waals surface area contributed by atoms with Gasteiger partial charge in [-0.15, -0.1) is 0 Å². The molecule has 0 aromatic carbocycles. The third kappa shape index (κ3) is 2.18. The Morgan fingerprint density at radius 2 is 2.07 bits per heavy atom. The average Bonchev–Trinajstić information content (AvgIpc) is 2.51. The number of hydrogen-bond donors (Lipinski definition) is 1. The second-order valence-electron chi connectivity index (χ2n) is 3.58. The average molecular weight is 195 g/mol. The van der Waals surface area contributed by atoms with Gasteiger partial charge in [0.25, 0.3) is 5.91 Å². The SMILES string of the molecule is CC(=O)NC(C)(C)C(=O)n1ccnc1. The molecule has 0 atom stereocenters. The highest BCUT2D eigenvalue weighted by Gasteiger charge is 2.29. The molecular formula is C9H13N3O2. The van der Waals surface area contributed by atoms with Crippen LogP contribution in [0.25, 0.3) is 0 Å². The van der Waals surface area contributed by atoms with Crippen LogP contribution in [0.1, 0.15) is 25.6 Å². The second kappa shape index (κ2) is 3.61. The monoisotopic (exact) mass is 195 g/mol. The van der Waals surface area contributed by atoms with Crippen LogP contribution in [-0.4, -0.2) is 26.9 Å². The highest BCUT2D eigenvalue weighted by Crippen LogP contribution is 2.06. The van der Waals surface area contributed by atoms with E-state index in [1.807, 2.05) is 0 Å². The molecule has 0 fully saturated rings. The molecule has 1 heterocycles. The van der Waals surface area contributed by atoms with Crippen molar-refractivity contribution in [2.75, 3.05) is 0 Å². The minimum absolute atomic E-state index is 0.217. The van der Waals surface area contributed by atoms with Crippen LogP contribution in [0.2, 0.25) is 0 Å². The molecule has 1 N–H and O–H groups in total. The lowest BCUT2D eigenvalue weighted by molar-refractivity contribution is -0.120. The topological polar surface area (TPSA) is 64.0 Å². The molecule has 0 bridgehead atoms. The van der Waals surface area contributed by atoms with Crippen LogP contribution in [0.5, 0.6) is 0 Å². The van der Waals surface area contributed by atoms with Crippen molar-refractivity contribution in [1.29, 1.82) is 0 Å². The van der Waals surface area contributed by atoms with E-state index in [0.717, 1.165) is 0 Å². The Bertz CT molecular complexity index is 341. The number of amides is 1. The molecule has 14 heavy (non-hydrogen) atoms. The van der Waals surface area contributed by atoms with Gasteiger partial charge >= 0.3 is 0 Å². The van der Waals surface area contributed by atoms with E-state index < -0.39 is 5.54 Å². The van der Waals surface area contributed by atoms with E-state index in [1.165, 1.54) is 24.0 Å². The van der Waals surface area contributed by atoms with Gasteiger partial charge < -0.3 is 5.32 Å². The fraction of sp³-hybridized carbons (Fsp3) is 0.444. The van der Waals surface area contributed by atoms with Crippen molar-refractivity contribution >= 4 is 11.8 Å². The second-order valence-corrected chi connectivity index (χ2v) is 3.58. The number of nitrogens with one attached hydrogen (secondary N) is 1. The standard InChI is InChI=1S/C9H13N3O2/c1-7(13)11-9(2,3)8(14)12-5-4-10-6-12/h4-6H,1-3H3,(H,11,13). The summed E-state index contributed by atoms with van der Waals surface area (Å²) in [5, 5.41) is 2.57. The molecule has 0 radical (unpaired) electrons. The molecule has 5 nitrogen and oxygen atoms in total. The van der Waals surface area contributed by atoms with E-state index in [-0.39, 0.29) is 11.8 Å². The summed E-state index contributed by atoms with van der Waals surface area (Å²) in [5.41, 5.74) is -0.910. The molecule has 0 aliphatic heterocycles. The summed E-state index contributed by atoms with van der Waals surface area (Å²) in [4.78, 5) is 26.4. The van der Waals surface area contributed by atoms with Crippen molar-refractivity contribution < 1.29 is 9.59 Å². The van der Waals surface area contributed by atoms with E-state index in [0.29, 0.717) is 0 Å². The lowest BCUT2D eigenvalue weighted by Crippen LogP contribution is -2.50. The van der Waals surface area contributed by atoms with Crippen molar-refractivity contribution in [2.24, 2.45) is 0 Å². The summed E-state index contributed by atoms with van der Waals surface area (Å²) in [5.74, 6) is -0.450.